The van der Waals surface area contributed by atoms with Crippen LogP contribution < -0.4 is 27.4 Å². The van der Waals surface area contributed by atoms with Gasteiger partial charge in [-0.15, -0.1) is 0 Å². The standard InChI is InChI=1S/C22H28N6O8/c1-10(22(35)36)26-20(33)16(8-18(30)31)28-21(34)15(7-17(24)29)27-19(32)13(23)6-11-9-25-14-5-3-2-4-12(11)14/h2-5,9-10,13,15-16,25H,6-8,23H2,1H3,(H2,24,29)(H,26,33)(H,27,32)(H,28,34)(H,30,31)(H,35,36). The van der Waals surface area contributed by atoms with Crippen LogP contribution in [0.25, 0.3) is 10.9 Å². The molecule has 0 aliphatic rings. The number of carbonyl (C=O) groups excluding carboxylic acids is 4. The smallest absolute Gasteiger partial charge is 0.325 e. The van der Waals surface area contributed by atoms with Gasteiger partial charge >= 0.3 is 11.9 Å². The van der Waals surface area contributed by atoms with Crippen LogP contribution in [0.2, 0.25) is 0 Å². The Kier molecular flexibility index (Phi) is 9.50. The van der Waals surface area contributed by atoms with Crippen LogP contribution in [-0.4, -0.2) is 74.9 Å². The Morgan fingerprint density at radius 1 is 0.917 bits per heavy atom. The zero-order chi connectivity index (χ0) is 27.0. The molecule has 4 atom stereocenters. The minimum Gasteiger partial charge on any atom is -0.481 e. The van der Waals surface area contributed by atoms with Gasteiger partial charge in [0.15, 0.2) is 0 Å². The first-order valence-corrected chi connectivity index (χ1v) is 10.8. The number of amides is 4. The van der Waals surface area contributed by atoms with E-state index in [2.05, 4.69) is 15.6 Å². The molecule has 2 aromatic rings. The van der Waals surface area contributed by atoms with Crippen molar-refractivity contribution in [2.24, 2.45) is 11.5 Å². The third-order valence-electron chi connectivity index (χ3n) is 5.23. The van der Waals surface area contributed by atoms with Crippen LogP contribution >= 0.6 is 0 Å². The molecule has 14 heteroatoms. The number of carboxylic acids is 2. The number of H-pyrrole nitrogens is 1. The molecule has 10 N–H and O–H groups in total. The first-order valence-electron chi connectivity index (χ1n) is 10.8. The largest absolute Gasteiger partial charge is 0.481 e. The summed E-state index contributed by atoms with van der Waals surface area (Å²) in [5.74, 6) is -6.76. The van der Waals surface area contributed by atoms with Crippen LogP contribution in [0.5, 0.6) is 0 Å². The van der Waals surface area contributed by atoms with Crippen molar-refractivity contribution < 1.29 is 39.0 Å². The van der Waals surface area contributed by atoms with Crippen LogP contribution in [0, 0.1) is 0 Å². The van der Waals surface area contributed by atoms with Gasteiger partial charge < -0.3 is 42.6 Å². The molecule has 2 rings (SSSR count). The van der Waals surface area contributed by atoms with Crippen molar-refractivity contribution in [3.8, 4) is 0 Å². The average molecular weight is 505 g/mol. The fourth-order valence-electron chi connectivity index (χ4n) is 3.35. The number of para-hydroxylation sites is 1. The molecule has 0 aliphatic heterocycles. The van der Waals surface area contributed by atoms with Gasteiger partial charge in [-0.1, -0.05) is 18.2 Å². The highest BCUT2D eigenvalue weighted by molar-refractivity contribution is 5.97. The topological polar surface area (TPSA) is 247 Å². The van der Waals surface area contributed by atoms with E-state index in [1.54, 1.807) is 6.20 Å². The summed E-state index contributed by atoms with van der Waals surface area (Å²) in [4.78, 5) is 74.5. The summed E-state index contributed by atoms with van der Waals surface area (Å²) >= 11 is 0. The molecule has 0 radical (unpaired) electrons. The molecular weight excluding hydrogens is 476 g/mol. The number of primary amides is 1. The Hall–Kier alpha value is -4.46. The number of nitrogens with two attached hydrogens (primary N) is 2. The van der Waals surface area contributed by atoms with E-state index < -0.39 is 72.6 Å². The number of carboxylic acid groups (broad SMARTS) is 2. The maximum atomic E-state index is 12.8. The Balaban J connectivity index is 2.12. The van der Waals surface area contributed by atoms with E-state index in [-0.39, 0.29) is 6.42 Å². The SMILES string of the molecule is CC(NC(=O)C(CC(=O)O)NC(=O)C(CC(N)=O)NC(=O)C(N)Cc1c[nH]c2ccccc12)C(=O)O. The number of aromatic amines is 1. The molecule has 0 spiro atoms. The molecule has 0 saturated carbocycles. The summed E-state index contributed by atoms with van der Waals surface area (Å²) < 4.78 is 0. The molecule has 4 amide bonds. The second kappa shape index (κ2) is 12.3. The molecule has 36 heavy (non-hydrogen) atoms. The molecule has 4 unspecified atom stereocenters. The normalized spacial score (nSPS) is 14.2. The van der Waals surface area contributed by atoms with Gasteiger partial charge in [-0.25, -0.2) is 0 Å². The first-order chi connectivity index (χ1) is 16.9. The molecule has 14 nitrogen and oxygen atoms in total. The quantitative estimate of drug-likeness (QED) is 0.149. The van der Waals surface area contributed by atoms with Crippen molar-refractivity contribution in [3.05, 3.63) is 36.0 Å². The summed E-state index contributed by atoms with van der Waals surface area (Å²) in [6.45, 7) is 1.14. The van der Waals surface area contributed by atoms with Crippen molar-refractivity contribution in [1.29, 1.82) is 0 Å². The van der Waals surface area contributed by atoms with Crippen molar-refractivity contribution >= 4 is 46.5 Å². The van der Waals surface area contributed by atoms with Gasteiger partial charge in [0.2, 0.25) is 23.6 Å². The predicted molar refractivity (Wildman–Crippen MR) is 125 cm³/mol. The number of nitrogens with one attached hydrogen (secondary N) is 4. The second-order valence-electron chi connectivity index (χ2n) is 8.13. The van der Waals surface area contributed by atoms with Crippen LogP contribution in [0.4, 0.5) is 0 Å². The number of fused-ring (bicyclic) bond motifs is 1. The Morgan fingerprint density at radius 2 is 1.50 bits per heavy atom. The van der Waals surface area contributed by atoms with Crippen LogP contribution in [0.1, 0.15) is 25.3 Å². The van der Waals surface area contributed by atoms with Gasteiger partial charge in [0.1, 0.15) is 18.1 Å². The predicted octanol–water partition coefficient (Wildman–Crippen LogP) is -2.05. The van der Waals surface area contributed by atoms with Gasteiger partial charge in [0, 0.05) is 17.1 Å². The second-order valence-corrected chi connectivity index (χ2v) is 8.13. The van der Waals surface area contributed by atoms with Crippen LogP contribution in [0.15, 0.2) is 30.5 Å². The van der Waals surface area contributed by atoms with Crippen molar-refractivity contribution in [1.82, 2.24) is 20.9 Å². The van der Waals surface area contributed by atoms with Crippen molar-refractivity contribution in [3.63, 3.8) is 0 Å². The molecule has 0 fully saturated rings. The van der Waals surface area contributed by atoms with E-state index in [4.69, 9.17) is 21.7 Å². The lowest BCUT2D eigenvalue weighted by atomic mass is 10.0. The summed E-state index contributed by atoms with van der Waals surface area (Å²) in [5, 5.41) is 25.3. The summed E-state index contributed by atoms with van der Waals surface area (Å²) in [7, 11) is 0. The molecule has 1 heterocycles. The lowest BCUT2D eigenvalue weighted by Gasteiger charge is -2.23. The summed E-state index contributed by atoms with van der Waals surface area (Å²) in [6.07, 6.45) is 0.238. The molecule has 0 aliphatic carbocycles. The third kappa shape index (κ3) is 7.80. The molecule has 194 valence electrons. The highest BCUT2D eigenvalue weighted by Crippen LogP contribution is 2.18. The lowest BCUT2D eigenvalue weighted by molar-refractivity contribution is -0.143. The average Bonchev–Trinajstić information content (AvgIpc) is 3.20. The van der Waals surface area contributed by atoms with Crippen LogP contribution in [-0.2, 0) is 35.2 Å². The molecule has 1 aromatic carbocycles. The first kappa shape index (κ1) is 27.8. The number of aliphatic carboxylic acids is 2. The number of carbonyl (C=O) groups is 6. The van der Waals surface area contributed by atoms with Crippen LogP contribution in [0.3, 0.4) is 0 Å². The number of benzene rings is 1. The van der Waals surface area contributed by atoms with Gasteiger partial charge in [-0.3, -0.25) is 28.8 Å². The van der Waals surface area contributed by atoms with Crippen molar-refractivity contribution in [2.75, 3.05) is 0 Å². The minimum atomic E-state index is -1.69. The van der Waals surface area contributed by atoms with Crippen molar-refractivity contribution in [2.45, 2.75) is 50.4 Å². The Labute approximate surface area is 204 Å². The van der Waals surface area contributed by atoms with E-state index in [1.165, 1.54) is 0 Å². The maximum absolute atomic E-state index is 12.8. The molecule has 1 aromatic heterocycles. The minimum absolute atomic E-state index is 0.0951. The highest BCUT2D eigenvalue weighted by atomic mass is 16.4. The Bertz CT molecular complexity index is 1160. The number of hydrogen-bond acceptors (Lipinski definition) is 7. The molecule has 0 bridgehead atoms. The third-order valence-corrected chi connectivity index (χ3v) is 5.23. The zero-order valence-corrected chi connectivity index (χ0v) is 19.3. The summed E-state index contributed by atoms with van der Waals surface area (Å²) in [6, 6.07) is 1.60. The molecule has 0 saturated heterocycles. The maximum Gasteiger partial charge on any atom is 0.325 e. The summed E-state index contributed by atoms with van der Waals surface area (Å²) in [5.41, 5.74) is 12.8. The fraction of sp³-hybridized carbons (Fsp3) is 0.364. The number of aromatic nitrogens is 1. The van der Waals surface area contributed by atoms with E-state index >= 15 is 0 Å². The Morgan fingerprint density at radius 3 is 2.11 bits per heavy atom. The van der Waals surface area contributed by atoms with Gasteiger partial charge in [-0.05, 0) is 25.0 Å². The highest BCUT2D eigenvalue weighted by Gasteiger charge is 2.31. The van der Waals surface area contributed by atoms with Gasteiger partial charge in [-0.2, -0.15) is 0 Å². The molecular formula is C22H28N6O8. The van der Waals surface area contributed by atoms with E-state index in [0.29, 0.717) is 0 Å². The van der Waals surface area contributed by atoms with Gasteiger partial charge in [0.05, 0.1) is 18.9 Å². The zero-order valence-electron chi connectivity index (χ0n) is 19.3. The van der Waals surface area contributed by atoms with E-state index in [9.17, 15) is 28.8 Å². The lowest BCUT2D eigenvalue weighted by Crippen LogP contribution is -2.58. The fourth-order valence-corrected chi connectivity index (χ4v) is 3.35. The van der Waals surface area contributed by atoms with Gasteiger partial charge in [0.25, 0.3) is 0 Å². The number of hydrogen-bond donors (Lipinski definition) is 8. The van der Waals surface area contributed by atoms with E-state index in [0.717, 1.165) is 23.4 Å². The van der Waals surface area contributed by atoms with E-state index in [1.807, 2.05) is 29.6 Å². The monoisotopic (exact) mass is 504 g/mol. The number of rotatable bonds is 13.